The highest BCUT2D eigenvalue weighted by Gasteiger charge is 2.55. The Hall–Kier alpha value is -4.26. The third-order valence-corrected chi connectivity index (χ3v) is 15.1. The number of aliphatic hydroxyl groups is 2. The van der Waals surface area contributed by atoms with Gasteiger partial charge in [0.25, 0.3) is 5.91 Å². The van der Waals surface area contributed by atoms with Gasteiger partial charge in [-0.3, -0.25) is 19.2 Å². The molecule has 1 amide bonds. The lowest BCUT2D eigenvalue weighted by Crippen LogP contribution is -2.62. The molecule has 2 saturated heterocycles. The molecule has 0 spiro atoms. The van der Waals surface area contributed by atoms with E-state index in [4.69, 9.17) is 23.7 Å². The van der Waals surface area contributed by atoms with Crippen molar-refractivity contribution in [3.63, 3.8) is 0 Å². The molecule has 2 N–H and O–H groups in total. The van der Waals surface area contributed by atoms with E-state index < -0.39 is 77.8 Å². The molecule has 4 heterocycles. The van der Waals surface area contributed by atoms with Crippen LogP contribution in [0.4, 0.5) is 0 Å². The summed E-state index contributed by atoms with van der Waals surface area (Å²) >= 11 is 0. The molecule has 1 unspecified atom stereocenters. The summed E-state index contributed by atoms with van der Waals surface area (Å²) < 4.78 is 31.7. The third kappa shape index (κ3) is 14.2. The van der Waals surface area contributed by atoms with Gasteiger partial charge in [0.15, 0.2) is 5.78 Å². The number of carbonyl (C=O) groups excluding carboxylic acids is 5. The van der Waals surface area contributed by atoms with Crippen LogP contribution in [-0.4, -0.2) is 141 Å². The lowest BCUT2D eigenvalue weighted by molar-refractivity contribution is -0.231. The van der Waals surface area contributed by atoms with E-state index in [-0.39, 0.29) is 67.3 Å². The van der Waals surface area contributed by atoms with Gasteiger partial charge in [0, 0.05) is 58.5 Å². The van der Waals surface area contributed by atoms with Crippen molar-refractivity contribution in [2.45, 2.75) is 180 Å². The van der Waals surface area contributed by atoms with E-state index in [0.717, 1.165) is 18.4 Å². The van der Waals surface area contributed by atoms with Crippen molar-refractivity contribution in [1.29, 1.82) is 0 Å². The number of amides is 1. The number of methoxy groups -OCH3 is 3. The average molecular weight is 966 g/mol. The maximum absolute atomic E-state index is 14.7. The topological polar surface area (TPSA) is 219 Å². The van der Waals surface area contributed by atoms with Crippen LogP contribution in [0.3, 0.4) is 0 Å². The summed E-state index contributed by atoms with van der Waals surface area (Å²) in [5.41, 5.74) is 1.24. The largest absolute Gasteiger partial charge is 0.460 e. The molecule has 1 saturated carbocycles. The number of fused-ring (bicyclic) bond motifs is 3. The van der Waals surface area contributed by atoms with E-state index in [1.165, 1.54) is 12.0 Å². The number of esters is 1. The molecule has 1 aromatic rings. The molecule has 0 aromatic carbocycles. The molecule has 4 aliphatic rings. The maximum Gasteiger partial charge on any atom is 0.329 e. The molecule has 3 fully saturated rings. The Labute approximate surface area is 408 Å². The fourth-order valence-electron chi connectivity index (χ4n) is 10.7. The number of rotatable bonds is 7. The van der Waals surface area contributed by atoms with Crippen molar-refractivity contribution in [1.82, 2.24) is 25.1 Å². The number of aromatic nitrogens is 4. The molecule has 1 aliphatic carbocycles. The number of hydrogen-bond donors (Lipinski definition) is 2. The van der Waals surface area contributed by atoms with Crippen LogP contribution in [0, 0.1) is 35.5 Å². The van der Waals surface area contributed by atoms with Crippen molar-refractivity contribution in [3.8, 4) is 0 Å². The summed E-state index contributed by atoms with van der Waals surface area (Å²) in [6.45, 7) is 12.8. The molecule has 3 aliphatic heterocycles. The summed E-state index contributed by atoms with van der Waals surface area (Å²) in [7, 11) is 4.61. The SMILES string of the molecule is CO[C@H]1C[C@@H]2CC[C@@H](C)C(=O)C(O)(O2)C(=O)N2CCCC[C@H]2C(=O)O[C@H]([C@H](C)C[C@@H]2CC[C@H](n3cnnn3)[C@H](OC)C2)CC(=O)[C@H](C)/C=C(\C)[C@@H](O)[C@@H](OC)C(=O)[C@H](C)C[C@H](C)/C=C/C=C/C=C/1C. The number of ketones is 3. The smallest absolute Gasteiger partial charge is 0.329 e. The molecule has 15 atom stereocenters. The maximum atomic E-state index is 14.7. The number of nitrogens with zero attached hydrogens (tertiary/aromatic N) is 5. The van der Waals surface area contributed by atoms with Gasteiger partial charge in [0.1, 0.15) is 36.5 Å². The number of allylic oxidation sites excluding steroid dienone is 6. The minimum Gasteiger partial charge on any atom is -0.460 e. The third-order valence-electron chi connectivity index (χ3n) is 15.1. The highest BCUT2D eigenvalue weighted by molar-refractivity contribution is 6.09. The first kappa shape index (κ1) is 55.7. The number of carbonyl (C=O) groups is 5. The quantitative estimate of drug-likeness (QED) is 0.181. The molecule has 69 heavy (non-hydrogen) atoms. The van der Waals surface area contributed by atoms with Gasteiger partial charge in [-0.05, 0) is 117 Å². The second-order valence-electron chi connectivity index (χ2n) is 20.4. The lowest BCUT2D eigenvalue weighted by atomic mass is 9.77. The van der Waals surface area contributed by atoms with Gasteiger partial charge in [-0.2, -0.15) is 0 Å². The minimum absolute atomic E-state index is 0.0124. The Kier molecular flexibility index (Phi) is 20.8. The van der Waals surface area contributed by atoms with Crippen LogP contribution in [0.15, 0.2) is 53.9 Å². The van der Waals surface area contributed by atoms with Crippen LogP contribution in [0.1, 0.15) is 132 Å². The van der Waals surface area contributed by atoms with E-state index >= 15 is 0 Å². The molecular formula is C52H79N5O12. The predicted octanol–water partition coefficient (Wildman–Crippen LogP) is 6.05. The Morgan fingerprint density at radius 1 is 0.870 bits per heavy atom. The number of tetrazole rings is 1. The zero-order valence-electron chi connectivity index (χ0n) is 42.5. The van der Waals surface area contributed by atoms with Gasteiger partial charge < -0.3 is 38.8 Å². The van der Waals surface area contributed by atoms with Crippen LogP contribution in [-0.2, 0) is 47.7 Å². The summed E-state index contributed by atoms with van der Waals surface area (Å²) in [6.07, 6.45) is 13.4. The number of aliphatic hydroxyl groups excluding tert-OH is 1. The zero-order valence-corrected chi connectivity index (χ0v) is 42.5. The Morgan fingerprint density at radius 3 is 2.30 bits per heavy atom. The van der Waals surface area contributed by atoms with Gasteiger partial charge >= 0.3 is 11.8 Å². The lowest BCUT2D eigenvalue weighted by Gasteiger charge is -2.40. The molecule has 5 rings (SSSR count). The predicted molar refractivity (Wildman–Crippen MR) is 256 cm³/mol. The molecule has 384 valence electrons. The van der Waals surface area contributed by atoms with E-state index in [1.807, 2.05) is 58.1 Å². The standard InChI is InChI=1S/C52H79N5O12/c1-31-16-12-11-13-17-32(2)43(65-8)28-39-21-19-33(3)49(61)52(64,69-39)51(63)56-23-15-14-18-41(56)50(62)68-44(35(5)26-38-20-22-40(45(27-38)66-9)57-30-53-54-55-57)29-42(58)34(4)25-37(7)47(60)48(67-10)46(59)36(6)24-31/h11-13,16-17,25,30-31,33-36,38-41,43-45,47-48,60,64H,14-15,18-24,26-29H2,1-10H3/b13-11+,16-12+,32-17+,37-25+/t31-,33-,34-,35-,36-,38+,39+,40+,41+,43+,44+,45-,47-,48+,52?/m1/s1. The van der Waals surface area contributed by atoms with Gasteiger partial charge in [0.05, 0.1) is 24.4 Å². The van der Waals surface area contributed by atoms with Crippen LogP contribution in [0.25, 0.3) is 0 Å². The van der Waals surface area contributed by atoms with Crippen molar-refractivity contribution in [3.05, 3.63) is 53.9 Å². The first-order valence-corrected chi connectivity index (χ1v) is 25.0. The second-order valence-corrected chi connectivity index (χ2v) is 20.4. The number of Topliss-reactive ketones (excluding diaryl/α,β-unsaturated/α-hetero) is 3. The molecule has 17 heteroatoms. The van der Waals surface area contributed by atoms with Crippen molar-refractivity contribution < 1.29 is 57.9 Å². The summed E-state index contributed by atoms with van der Waals surface area (Å²) in [5.74, 6) is -7.98. The fourth-order valence-corrected chi connectivity index (χ4v) is 10.7. The first-order valence-electron chi connectivity index (χ1n) is 25.0. The van der Waals surface area contributed by atoms with E-state index in [2.05, 4.69) is 15.5 Å². The number of piperidine rings is 1. The van der Waals surface area contributed by atoms with E-state index in [9.17, 15) is 34.2 Å². The van der Waals surface area contributed by atoms with Gasteiger partial charge in [-0.25, -0.2) is 9.48 Å². The second kappa shape index (κ2) is 25.7. The Morgan fingerprint density at radius 2 is 1.62 bits per heavy atom. The van der Waals surface area contributed by atoms with Gasteiger partial charge in [-0.15, -0.1) is 5.10 Å². The van der Waals surface area contributed by atoms with Crippen molar-refractivity contribution >= 4 is 29.2 Å². The van der Waals surface area contributed by atoms with Crippen LogP contribution >= 0.6 is 0 Å². The number of hydrogen-bond acceptors (Lipinski definition) is 15. The average Bonchev–Trinajstić information content (AvgIpc) is 3.85. The molecule has 0 radical (unpaired) electrons. The van der Waals surface area contributed by atoms with Crippen LogP contribution in [0.2, 0.25) is 0 Å². The van der Waals surface area contributed by atoms with Gasteiger partial charge in [-0.1, -0.05) is 71.1 Å². The Bertz CT molecular complexity index is 2020. The van der Waals surface area contributed by atoms with Gasteiger partial charge in [0.2, 0.25) is 5.78 Å². The summed E-state index contributed by atoms with van der Waals surface area (Å²) in [5, 5.41) is 35.4. The Balaban J connectivity index is 1.49. The van der Waals surface area contributed by atoms with Crippen LogP contribution < -0.4 is 0 Å². The first-order chi connectivity index (χ1) is 32.8. The zero-order chi connectivity index (χ0) is 50.6. The molecular weight excluding hydrogens is 887 g/mol. The normalized spacial score (nSPS) is 38.8. The highest BCUT2D eigenvalue weighted by atomic mass is 16.6. The molecule has 2 bridgehead atoms. The monoisotopic (exact) mass is 966 g/mol. The molecule has 17 nitrogen and oxygen atoms in total. The minimum atomic E-state index is -2.86. The summed E-state index contributed by atoms with van der Waals surface area (Å²) in [6, 6.07) is -1.21. The number of cyclic esters (lactones) is 1. The van der Waals surface area contributed by atoms with Crippen LogP contribution in [0.5, 0.6) is 0 Å². The molecule has 1 aromatic heterocycles. The number of ether oxygens (including phenoxy) is 5. The van der Waals surface area contributed by atoms with Crippen molar-refractivity contribution in [2.24, 2.45) is 35.5 Å². The fraction of sp³-hybridized carbons (Fsp3) is 0.731. The highest BCUT2D eigenvalue weighted by Crippen LogP contribution is 2.39. The van der Waals surface area contributed by atoms with E-state index in [1.54, 1.807) is 52.1 Å². The summed E-state index contributed by atoms with van der Waals surface area (Å²) in [4.78, 5) is 72.6. The van der Waals surface area contributed by atoms with E-state index in [0.29, 0.717) is 50.5 Å². The van der Waals surface area contributed by atoms with Crippen molar-refractivity contribution in [2.75, 3.05) is 27.9 Å².